The Labute approximate surface area is 108 Å². The molecule has 0 saturated carbocycles. The summed E-state index contributed by atoms with van der Waals surface area (Å²) in [5.74, 6) is -0.406. The molecule has 3 N–H and O–H groups in total. The smallest absolute Gasteiger partial charge is 0.311 e. The Morgan fingerprint density at radius 2 is 2.17 bits per heavy atom. The number of rotatable bonds is 5. The molecule has 0 radical (unpaired) electrons. The van der Waals surface area contributed by atoms with Crippen molar-refractivity contribution in [3.8, 4) is 0 Å². The third kappa shape index (κ3) is 3.70. The minimum Gasteiger partial charge on any atom is -0.481 e. The van der Waals surface area contributed by atoms with Gasteiger partial charge in [0.2, 0.25) is 5.91 Å². The highest BCUT2D eigenvalue weighted by Crippen LogP contribution is 2.20. The highest BCUT2D eigenvalue weighted by Gasteiger charge is 2.33. The molecule has 0 aromatic heterocycles. The van der Waals surface area contributed by atoms with Crippen molar-refractivity contribution in [2.75, 3.05) is 13.1 Å². The first-order chi connectivity index (χ1) is 8.39. The van der Waals surface area contributed by atoms with Gasteiger partial charge >= 0.3 is 5.97 Å². The summed E-state index contributed by atoms with van der Waals surface area (Å²) < 4.78 is 0. The standard InChI is InChI=1S/C13H24N2O3/c1-4-13(3,12(17)18)8-15-11(16)10-7-9(2)5-6-14-10/h9-10,14H,4-8H2,1-3H3,(H,15,16)(H,17,18). The molecule has 1 amide bonds. The van der Waals surface area contributed by atoms with Crippen LogP contribution in [-0.4, -0.2) is 36.1 Å². The first-order valence-electron chi connectivity index (χ1n) is 6.63. The van der Waals surface area contributed by atoms with Crippen LogP contribution in [-0.2, 0) is 9.59 Å². The third-order valence-corrected chi connectivity index (χ3v) is 3.93. The Bertz CT molecular complexity index is 319. The summed E-state index contributed by atoms with van der Waals surface area (Å²) in [4.78, 5) is 23.1. The first-order valence-corrected chi connectivity index (χ1v) is 6.63. The molecule has 1 rings (SSSR count). The van der Waals surface area contributed by atoms with Gasteiger partial charge in [-0.25, -0.2) is 0 Å². The number of carbonyl (C=O) groups is 2. The first kappa shape index (κ1) is 15.0. The zero-order chi connectivity index (χ0) is 13.8. The second-order valence-corrected chi connectivity index (χ2v) is 5.57. The van der Waals surface area contributed by atoms with Crippen LogP contribution in [0.25, 0.3) is 0 Å². The number of carboxylic acid groups (broad SMARTS) is 1. The van der Waals surface area contributed by atoms with Gasteiger partial charge in [0.15, 0.2) is 0 Å². The van der Waals surface area contributed by atoms with Crippen LogP contribution in [0.5, 0.6) is 0 Å². The van der Waals surface area contributed by atoms with Crippen molar-refractivity contribution >= 4 is 11.9 Å². The fourth-order valence-corrected chi connectivity index (χ4v) is 2.06. The van der Waals surface area contributed by atoms with Crippen molar-refractivity contribution < 1.29 is 14.7 Å². The minimum atomic E-state index is -0.879. The number of hydrogen-bond donors (Lipinski definition) is 3. The molecule has 0 bridgehead atoms. The predicted octanol–water partition coefficient (Wildman–Crippen LogP) is 0.992. The zero-order valence-corrected chi connectivity index (χ0v) is 11.5. The molecule has 1 fully saturated rings. The van der Waals surface area contributed by atoms with E-state index >= 15 is 0 Å². The van der Waals surface area contributed by atoms with E-state index in [1.54, 1.807) is 6.92 Å². The molecule has 0 aliphatic carbocycles. The molecule has 18 heavy (non-hydrogen) atoms. The second-order valence-electron chi connectivity index (χ2n) is 5.57. The van der Waals surface area contributed by atoms with Gasteiger partial charge in [-0.05, 0) is 38.6 Å². The van der Waals surface area contributed by atoms with Gasteiger partial charge in [-0.3, -0.25) is 9.59 Å². The zero-order valence-electron chi connectivity index (χ0n) is 11.5. The quantitative estimate of drug-likeness (QED) is 0.685. The van der Waals surface area contributed by atoms with Gasteiger partial charge in [0, 0.05) is 6.54 Å². The molecule has 104 valence electrons. The molecule has 1 saturated heterocycles. The van der Waals surface area contributed by atoms with Crippen LogP contribution in [0.3, 0.4) is 0 Å². The van der Waals surface area contributed by atoms with E-state index in [9.17, 15) is 9.59 Å². The molecule has 3 atom stereocenters. The maximum absolute atomic E-state index is 12.0. The Hall–Kier alpha value is -1.10. The SMILES string of the molecule is CCC(C)(CNC(=O)C1CC(C)CCN1)C(=O)O. The molecular weight excluding hydrogens is 232 g/mol. The lowest BCUT2D eigenvalue weighted by Crippen LogP contribution is -2.51. The summed E-state index contributed by atoms with van der Waals surface area (Å²) in [7, 11) is 0. The lowest BCUT2D eigenvalue weighted by molar-refractivity contribution is -0.148. The summed E-state index contributed by atoms with van der Waals surface area (Å²) in [6.45, 7) is 6.65. The lowest BCUT2D eigenvalue weighted by Gasteiger charge is -2.29. The molecule has 0 aromatic rings. The predicted molar refractivity (Wildman–Crippen MR) is 69.2 cm³/mol. The van der Waals surface area contributed by atoms with Crippen molar-refractivity contribution in [1.29, 1.82) is 0 Å². The molecule has 3 unspecified atom stereocenters. The van der Waals surface area contributed by atoms with Gasteiger partial charge in [-0.15, -0.1) is 0 Å². The van der Waals surface area contributed by atoms with Gasteiger partial charge in [0.25, 0.3) is 0 Å². The summed E-state index contributed by atoms with van der Waals surface area (Å²) in [5.41, 5.74) is -0.879. The van der Waals surface area contributed by atoms with E-state index in [-0.39, 0.29) is 18.5 Å². The van der Waals surface area contributed by atoms with E-state index in [0.29, 0.717) is 12.3 Å². The van der Waals surface area contributed by atoms with Crippen LogP contribution in [0.15, 0.2) is 0 Å². The van der Waals surface area contributed by atoms with Crippen LogP contribution in [0, 0.1) is 11.3 Å². The fourth-order valence-electron chi connectivity index (χ4n) is 2.06. The molecular formula is C13H24N2O3. The molecule has 0 aromatic carbocycles. The Morgan fingerprint density at radius 3 is 2.67 bits per heavy atom. The summed E-state index contributed by atoms with van der Waals surface area (Å²) in [6.07, 6.45) is 2.41. The maximum Gasteiger partial charge on any atom is 0.311 e. The van der Waals surface area contributed by atoms with E-state index in [0.717, 1.165) is 19.4 Å². The van der Waals surface area contributed by atoms with Crippen molar-refractivity contribution in [2.24, 2.45) is 11.3 Å². The van der Waals surface area contributed by atoms with Crippen molar-refractivity contribution in [3.05, 3.63) is 0 Å². The van der Waals surface area contributed by atoms with Gasteiger partial charge in [-0.1, -0.05) is 13.8 Å². The minimum absolute atomic E-state index is 0.0810. The highest BCUT2D eigenvalue weighted by atomic mass is 16.4. The monoisotopic (exact) mass is 256 g/mol. The largest absolute Gasteiger partial charge is 0.481 e. The molecule has 1 heterocycles. The van der Waals surface area contributed by atoms with Crippen molar-refractivity contribution in [1.82, 2.24) is 10.6 Å². The maximum atomic E-state index is 12.0. The number of hydrogen-bond acceptors (Lipinski definition) is 3. The Morgan fingerprint density at radius 1 is 1.50 bits per heavy atom. The van der Waals surface area contributed by atoms with E-state index < -0.39 is 11.4 Å². The average molecular weight is 256 g/mol. The number of carbonyl (C=O) groups excluding carboxylic acids is 1. The number of amides is 1. The van der Waals surface area contributed by atoms with E-state index in [2.05, 4.69) is 17.6 Å². The summed E-state index contributed by atoms with van der Waals surface area (Å²) in [6, 6.07) is -0.177. The number of nitrogens with one attached hydrogen (secondary N) is 2. The van der Waals surface area contributed by atoms with Crippen LogP contribution in [0.2, 0.25) is 0 Å². The van der Waals surface area contributed by atoms with Gasteiger partial charge < -0.3 is 15.7 Å². The highest BCUT2D eigenvalue weighted by molar-refractivity contribution is 5.83. The van der Waals surface area contributed by atoms with Crippen LogP contribution in [0.1, 0.15) is 40.0 Å². The number of piperidine rings is 1. The Balaban J connectivity index is 2.47. The molecule has 5 heteroatoms. The fraction of sp³-hybridized carbons (Fsp3) is 0.846. The lowest BCUT2D eigenvalue weighted by atomic mass is 9.87. The summed E-state index contributed by atoms with van der Waals surface area (Å²) >= 11 is 0. The van der Waals surface area contributed by atoms with Gasteiger partial charge in [0.1, 0.15) is 0 Å². The summed E-state index contributed by atoms with van der Waals surface area (Å²) in [5, 5.41) is 15.1. The Kier molecular flexibility index (Phi) is 5.14. The average Bonchev–Trinajstić information content (AvgIpc) is 2.35. The number of aliphatic carboxylic acids is 1. The topological polar surface area (TPSA) is 78.4 Å². The van der Waals surface area contributed by atoms with Crippen LogP contribution < -0.4 is 10.6 Å². The molecule has 5 nitrogen and oxygen atoms in total. The van der Waals surface area contributed by atoms with Crippen LogP contribution >= 0.6 is 0 Å². The molecule has 1 aliphatic heterocycles. The van der Waals surface area contributed by atoms with Crippen LogP contribution in [0.4, 0.5) is 0 Å². The second kappa shape index (κ2) is 6.18. The third-order valence-electron chi connectivity index (χ3n) is 3.93. The molecule has 0 spiro atoms. The van der Waals surface area contributed by atoms with Crippen molar-refractivity contribution in [3.63, 3.8) is 0 Å². The van der Waals surface area contributed by atoms with Gasteiger partial charge in [0.05, 0.1) is 11.5 Å². The molecule has 1 aliphatic rings. The normalized spacial score (nSPS) is 27.3. The van der Waals surface area contributed by atoms with Gasteiger partial charge in [-0.2, -0.15) is 0 Å². The van der Waals surface area contributed by atoms with E-state index in [1.165, 1.54) is 0 Å². The number of carboxylic acids is 1. The van der Waals surface area contributed by atoms with Crippen molar-refractivity contribution in [2.45, 2.75) is 46.1 Å². The van der Waals surface area contributed by atoms with E-state index in [4.69, 9.17) is 5.11 Å². The van der Waals surface area contributed by atoms with E-state index in [1.807, 2.05) is 6.92 Å².